The maximum absolute atomic E-state index is 4.57. The van der Waals surface area contributed by atoms with E-state index in [-0.39, 0.29) is 0 Å². The highest BCUT2D eigenvalue weighted by Crippen LogP contribution is 2.15. The average molecular weight is 497 g/mol. The Balaban J connectivity index is 1.33. The summed E-state index contributed by atoms with van der Waals surface area (Å²) in [6, 6.07) is 25.1. The fourth-order valence-electron chi connectivity index (χ4n) is 4.20. The van der Waals surface area contributed by atoms with Crippen molar-refractivity contribution in [3.05, 3.63) is 119 Å². The Kier molecular flexibility index (Phi) is 10.3. The smallest absolute Gasteiger partial charge is 0.0887 e. The highest BCUT2D eigenvalue weighted by Gasteiger charge is 2.01. The summed E-state index contributed by atoms with van der Waals surface area (Å²) < 4.78 is 0. The van der Waals surface area contributed by atoms with Gasteiger partial charge in [-0.25, -0.2) is 0 Å². The number of rotatable bonds is 9. The van der Waals surface area contributed by atoms with E-state index in [1.54, 1.807) is 0 Å². The Morgan fingerprint density at radius 1 is 0.447 bits per heavy atom. The third-order valence-electron chi connectivity index (χ3n) is 6.54. The molecule has 0 N–H and O–H groups in total. The largest absolute Gasteiger partial charge is 0.253 e. The molecule has 0 atom stereocenters. The zero-order chi connectivity index (χ0) is 26.4. The lowest BCUT2D eigenvalue weighted by Crippen LogP contribution is -1.89. The maximum Gasteiger partial charge on any atom is 0.0887 e. The normalized spacial score (nSPS) is 10.3. The molecule has 0 bridgehead atoms. The van der Waals surface area contributed by atoms with Crippen molar-refractivity contribution in [2.75, 3.05) is 0 Å². The van der Waals surface area contributed by atoms with Gasteiger partial charge in [-0.15, -0.1) is 0 Å². The first-order valence-corrected chi connectivity index (χ1v) is 13.9. The van der Waals surface area contributed by atoms with Crippen LogP contribution in [0.15, 0.2) is 85.2 Å². The molecular weight excluding hydrogens is 460 g/mol. The van der Waals surface area contributed by atoms with Crippen LogP contribution in [0.2, 0.25) is 0 Å². The Bertz CT molecular complexity index is 1280. The standard InChI is InChI=1S/C36H36N2/c1-3-5-7-9-29-11-15-31(16-12-29)19-21-33-23-25-35(37-27-33)36-26-24-34(28-38-36)22-20-32-17-13-30(14-18-32)10-8-6-4-2/h11-18,23-28H,3-10H2,1-2H3. The minimum Gasteiger partial charge on any atom is -0.253 e. The van der Waals surface area contributed by atoms with E-state index in [4.69, 9.17) is 0 Å². The van der Waals surface area contributed by atoms with Crippen LogP contribution in [0.4, 0.5) is 0 Å². The lowest BCUT2D eigenvalue weighted by atomic mass is 10.1. The zero-order valence-electron chi connectivity index (χ0n) is 22.6. The molecular formula is C36H36N2. The number of hydrogen-bond acceptors (Lipinski definition) is 2. The summed E-state index contributed by atoms with van der Waals surface area (Å²) in [6.45, 7) is 4.47. The molecule has 0 aliphatic heterocycles. The lowest BCUT2D eigenvalue weighted by Gasteiger charge is -2.01. The summed E-state index contributed by atoms with van der Waals surface area (Å²) in [6.07, 6.45) is 13.5. The summed E-state index contributed by atoms with van der Waals surface area (Å²) in [4.78, 5) is 9.15. The fraction of sp³-hybridized carbons (Fsp3) is 0.278. The van der Waals surface area contributed by atoms with Crippen LogP contribution in [0.5, 0.6) is 0 Å². The molecule has 0 aliphatic rings. The molecule has 2 aromatic heterocycles. The molecule has 2 nitrogen and oxygen atoms in total. The Hall–Kier alpha value is -4.14. The van der Waals surface area contributed by atoms with Crippen molar-refractivity contribution in [3.63, 3.8) is 0 Å². The molecule has 0 amide bonds. The van der Waals surface area contributed by atoms with Crippen LogP contribution >= 0.6 is 0 Å². The molecule has 2 heteroatoms. The van der Waals surface area contributed by atoms with Crippen molar-refractivity contribution >= 4 is 0 Å². The van der Waals surface area contributed by atoms with E-state index in [9.17, 15) is 0 Å². The van der Waals surface area contributed by atoms with Crippen LogP contribution in [0.25, 0.3) is 11.4 Å². The predicted octanol–water partition coefficient (Wildman–Crippen LogP) is 8.41. The van der Waals surface area contributed by atoms with Crippen molar-refractivity contribution in [1.29, 1.82) is 0 Å². The molecule has 2 aromatic carbocycles. The second kappa shape index (κ2) is 14.6. The summed E-state index contributed by atoms with van der Waals surface area (Å²) >= 11 is 0. The quantitative estimate of drug-likeness (QED) is 0.172. The van der Waals surface area contributed by atoms with E-state index in [0.717, 1.165) is 46.5 Å². The zero-order valence-corrected chi connectivity index (χ0v) is 22.6. The van der Waals surface area contributed by atoms with Crippen molar-refractivity contribution in [1.82, 2.24) is 9.97 Å². The van der Waals surface area contributed by atoms with Gasteiger partial charge in [-0.3, -0.25) is 9.97 Å². The highest BCUT2D eigenvalue weighted by atomic mass is 14.8. The number of pyridine rings is 2. The van der Waals surface area contributed by atoms with Gasteiger partial charge in [-0.2, -0.15) is 0 Å². The van der Waals surface area contributed by atoms with Gasteiger partial charge in [0.1, 0.15) is 0 Å². The molecule has 0 aliphatic carbocycles. The molecule has 0 fully saturated rings. The van der Waals surface area contributed by atoms with Crippen LogP contribution in [0.3, 0.4) is 0 Å². The van der Waals surface area contributed by atoms with Crippen molar-refractivity contribution in [2.45, 2.75) is 65.2 Å². The molecule has 0 unspecified atom stereocenters. The van der Waals surface area contributed by atoms with Crippen molar-refractivity contribution in [2.24, 2.45) is 0 Å². The number of hydrogen-bond donors (Lipinski definition) is 0. The molecule has 0 radical (unpaired) electrons. The minimum atomic E-state index is 0.824. The van der Waals surface area contributed by atoms with Gasteiger partial charge in [0.2, 0.25) is 0 Å². The molecule has 190 valence electrons. The van der Waals surface area contributed by atoms with Crippen molar-refractivity contribution in [3.8, 4) is 35.1 Å². The van der Waals surface area contributed by atoms with Gasteiger partial charge in [-0.05, 0) is 85.3 Å². The number of benzene rings is 2. The summed E-state index contributed by atoms with van der Waals surface area (Å²) in [5.41, 5.74) is 8.23. The van der Waals surface area contributed by atoms with E-state index in [1.807, 2.05) is 36.7 Å². The van der Waals surface area contributed by atoms with Crippen LogP contribution in [-0.2, 0) is 12.8 Å². The van der Waals surface area contributed by atoms with Crippen LogP contribution in [-0.4, -0.2) is 9.97 Å². The molecule has 0 spiro atoms. The SMILES string of the molecule is CCCCCc1ccc(C#Cc2ccc(-c3ccc(C#Cc4ccc(CCCCC)cc4)cn3)nc2)cc1. The third-order valence-corrected chi connectivity index (χ3v) is 6.54. The summed E-state index contributed by atoms with van der Waals surface area (Å²) in [5, 5.41) is 0. The number of aryl methyl sites for hydroxylation is 2. The Morgan fingerprint density at radius 2 is 0.816 bits per heavy atom. The molecule has 0 saturated carbocycles. The second-order valence-corrected chi connectivity index (χ2v) is 9.67. The Labute approximate surface area is 228 Å². The van der Waals surface area contributed by atoms with E-state index >= 15 is 0 Å². The van der Waals surface area contributed by atoms with Gasteiger partial charge in [0.15, 0.2) is 0 Å². The maximum atomic E-state index is 4.57. The van der Waals surface area contributed by atoms with Gasteiger partial charge in [0.05, 0.1) is 11.4 Å². The lowest BCUT2D eigenvalue weighted by molar-refractivity contribution is 0.717. The third kappa shape index (κ3) is 8.47. The monoisotopic (exact) mass is 496 g/mol. The number of unbranched alkanes of at least 4 members (excludes halogenated alkanes) is 4. The molecule has 4 aromatic rings. The number of nitrogens with zero attached hydrogens (tertiary/aromatic N) is 2. The fourth-order valence-corrected chi connectivity index (χ4v) is 4.20. The van der Waals surface area contributed by atoms with Crippen LogP contribution in [0.1, 0.15) is 85.8 Å². The van der Waals surface area contributed by atoms with E-state index < -0.39 is 0 Å². The highest BCUT2D eigenvalue weighted by molar-refractivity contribution is 5.56. The first-order chi connectivity index (χ1) is 18.7. The van der Waals surface area contributed by atoms with Gasteiger partial charge >= 0.3 is 0 Å². The van der Waals surface area contributed by atoms with E-state index in [0.29, 0.717) is 0 Å². The van der Waals surface area contributed by atoms with E-state index in [1.165, 1.54) is 49.7 Å². The predicted molar refractivity (Wildman–Crippen MR) is 159 cm³/mol. The summed E-state index contributed by atoms with van der Waals surface area (Å²) in [5.74, 6) is 12.9. The van der Waals surface area contributed by atoms with E-state index in [2.05, 4.69) is 96.0 Å². The van der Waals surface area contributed by atoms with Gasteiger partial charge in [-0.1, -0.05) is 87.5 Å². The van der Waals surface area contributed by atoms with Gasteiger partial charge in [0.25, 0.3) is 0 Å². The molecule has 0 saturated heterocycles. The molecule has 2 heterocycles. The van der Waals surface area contributed by atoms with Crippen molar-refractivity contribution < 1.29 is 0 Å². The molecule has 38 heavy (non-hydrogen) atoms. The first-order valence-electron chi connectivity index (χ1n) is 13.9. The van der Waals surface area contributed by atoms with Gasteiger partial charge in [0, 0.05) is 34.6 Å². The first kappa shape index (κ1) is 26.9. The molecule has 4 rings (SSSR count). The second-order valence-electron chi connectivity index (χ2n) is 9.67. The van der Waals surface area contributed by atoms with Crippen LogP contribution < -0.4 is 0 Å². The summed E-state index contributed by atoms with van der Waals surface area (Å²) in [7, 11) is 0. The minimum absolute atomic E-state index is 0.824. The van der Waals surface area contributed by atoms with Crippen LogP contribution in [0, 0.1) is 23.7 Å². The topological polar surface area (TPSA) is 25.8 Å². The Morgan fingerprint density at radius 3 is 1.16 bits per heavy atom. The van der Waals surface area contributed by atoms with Gasteiger partial charge < -0.3 is 0 Å². The average Bonchev–Trinajstić information content (AvgIpc) is 2.97. The number of aromatic nitrogens is 2.